The standard InChI is InChI=1S/C15H25N/c1-13-6-8-14(9-7-13)12-16-11-5-10-15(2,3)4/h6-9,16H,5,10-12H2,1-4H3. The molecule has 90 valence electrons. The van der Waals surface area contributed by atoms with E-state index in [1.165, 1.54) is 24.0 Å². The van der Waals surface area contributed by atoms with Crippen molar-refractivity contribution in [1.82, 2.24) is 5.32 Å². The molecule has 0 heterocycles. The molecule has 0 aliphatic heterocycles. The van der Waals surface area contributed by atoms with Gasteiger partial charge in [0.2, 0.25) is 0 Å². The minimum Gasteiger partial charge on any atom is -0.313 e. The first kappa shape index (κ1) is 13.2. The molecule has 1 heteroatoms. The molecule has 0 fully saturated rings. The maximum absolute atomic E-state index is 3.49. The lowest BCUT2D eigenvalue weighted by molar-refractivity contribution is 0.361. The fraction of sp³-hybridized carbons (Fsp3) is 0.600. The van der Waals surface area contributed by atoms with Gasteiger partial charge in [0, 0.05) is 6.54 Å². The summed E-state index contributed by atoms with van der Waals surface area (Å²) in [6.45, 7) is 11.1. The van der Waals surface area contributed by atoms with Crippen LogP contribution in [0, 0.1) is 12.3 Å². The Balaban J connectivity index is 2.14. The van der Waals surface area contributed by atoms with Crippen LogP contribution in [0.25, 0.3) is 0 Å². The molecule has 0 bridgehead atoms. The first-order valence-electron chi connectivity index (χ1n) is 6.24. The third kappa shape index (κ3) is 5.92. The Morgan fingerprint density at radius 3 is 2.25 bits per heavy atom. The van der Waals surface area contributed by atoms with Crippen LogP contribution >= 0.6 is 0 Å². The highest BCUT2D eigenvalue weighted by Gasteiger charge is 2.08. The maximum Gasteiger partial charge on any atom is 0.0205 e. The summed E-state index contributed by atoms with van der Waals surface area (Å²) in [5.41, 5.74) is 3.17. The van der Waals surface area contributed by atoms with E-state index in [-0.39, 0.29) is 0 Å². The minimum atomic E-state index is 0.464. The Morgan fingerprint density at radius 1 is 1.06 bits per heavy atom. The summed E-state index contributed by atoms with van der Waals surface area (Å²) < 4.78 is 0. The first-order valence-corrected chi connectivity index (χ1v) is 6.24. The fourth-order valence-corrected chi connectivity index (χ4v) is 1.68. The Labute approximate surface area is 100 Å². The van der Waals surface area contributed by atoms with Gasteiger partial charge in [-0.15, -0.1) is 0 Å². The van der Waals surface area contributed by atoms with E-state index in [4.69, 9.17) is 0 Å². The number of rotatable bonds is 5. The van der Waals surface area contributed by atoms with E-state index in [1.807, 2.05) is 0 Å². The molecule has 1 N–H and O–H groups in total. The zero-order valence-electron chi connectivity index (χ0n) is 11.1. The Morgan fingerprint density at radius 2 is 1.69 bits per heavy atom. The molecule has 1 aromatic rings. The summed E-state index contributed by atoms with van der Waals surface area (Å²) >= 11 is 0. The molecular weight excluding hydrogens is 194 g/mol. The lowest BCUT2D eigenvalue weighted by Gasteiger charge is -2.17. The molecule has 0 aromatic heterocycles. The molecule has 0 saturated carbocycles. The lowest BCUT2D eigenvalue weighted by atomic mass is 9.91. The molecule has 0 atom stereocenters. The number of hydrogen-bond acceptors (Lipinski definition) is 1. The molecule has 0 aliphatic carbocycles. The van der Waals surface area contributed by atoms with Crippen molar-refractivity contribution in [3.8, 4) is 0 Å². The SMILES string of the molecule is Cc1ccc(CNCCCC(C)(C)C)cc1. The summed E-state index contributed by atoms with van der Waals surface area (Å²) in [6, 6.07) is 8.75. The predicted molar refractivity (Wildman–Crippen MR) is 71.6 cm³/mol. The topological polar surface area (TPSA) is 12.0 Å². The summed E-state index contributed by atoms with van der Waals surface area (Å²) in [5, 5.41) is 3.49. The number of benzene rings is 1. The zero-order valence-corrected chi connectivity index (χ0v) is 11.1. The summed E-state index contributed by atoms with van der Waals surface area (Å²) in [5.74, 6) is 0. The number of hydrogen-bond donors (Lipinski definition) is 1. The van der Waals surface area contributed by atoms with Crippen LogP contribution in [0.15, 0.2) is 24.3 Å². The second kappa shape index (κ2) is 6.05. The molecule has 16 heavy (non-hydrogen) atoms. The number of aryl methyl sites for hydroxylation is 1. The predicted octanol–water partition coefficient (Wildman–Crippen LogP) is 3.91. The Hall–Kier alpha value is -0.820. The summed E-state index contributed by atoms with van der Waals surface area (Å²) in [7, 11) is 0. The first-order chi connectivity index (χ1) is 7.47. The van der Waals surface area contributed by atoms with Crippen molar-refractivity contribution in [3.63, 3.8) is 0 Å². The van der Waals surface area contributed by atoms with E-state index in [9.17, 15) is 0 Å². The van der Waals surface area contributed by atoms with E-state index >= 15 is 0 Å². The molecule has 0 amide bonds. The largest absolute Gasteiger partial charge is 0.313 e. The molecule has 1 aromatic carbocycles. The van der Waals surface area contributed by atoms with E-state index in [2.05, 4.69) is 57.3 Å². The molecule has 1 rings (SSSR count). The highest BCUT2D eigenvalue weighted by molar-refractivity contribution is 5.20. The minimum absolute atomic E-state index is 0.464. The average Bonchev–Trinajstić information content (AvgIpc) is 2.19. The molecule has 0 aliphatic rings. The average molecular weight is 219 g/mol. The summed E-state index contributed by atoms with van der Waals surface area (Å²) in [6.07, 6.45) is 2.54. The van der Waals surface area contributed by atoms with Crippen molar-refractivity contribution < 1.29 is 0 Å². The second-order valence-electron chi connectivity index (χ2n) is 5.83. The fourth-order valence-electron chi connectivity index (χ4n) is 1.68. The smallest absolute Gasteiger partial charge is 0.0205 e. The van der Waals surface area contributed by atoms with Crippen LogP contribution in [0.5, 0.6) is 0 Å². The van der Waals surface area contributed by atoms with Gasteiger partial charge >= 0.3 is 0 Å². The zero-order chi connectivity index (χ0) is 12.0. The van der Waals surface area contributed by atoms with Gasteiger partial charge in [-0.05, 0) is 37.3 Å². The molecule has 0 saturated heterocycles. The van der Waals surface area contributed by atoms with Crippen LogP contribution in [0.2, 0.25) is 0 Å². The second-order valence-corrected chi connectivity index (χ2v) is 5.83. The van der Waals surface area contributed by atoms with Crippen LogP contribution in [-0.4, -0.2) is 6.54 Å². The normalized spacial score (nSPS) is 11.8. The van der Waals surface area contributed by atoms with E-state index in [1.54, 1.807) is 0 Å². The van der Waals surface area contributed by atoms with Gasteiger partial charge in [-0.3, -0.25) is 0 Å². The van der Waals surface area contributed by atoms with E-state index in [0.717, 1.165) is 13.1 Å². The Kier molecular flexibility index (Phi) is 5.01. The molecular formula is C15H25N. The van der Waals surface area contributed by atoms with Crippen molar-refractivity contribution in [1.29, 1.82) is 0 Å². The van der Waals surface area contributed by atoms with Crippen molar-refractivity contribution in [2.75, 3.05) is 6.54 Å². The maximum atomic E-state index is 3.49. The van der Waals surface area contributed by atoms with Crippen LogP contribution in [0.3, 0.4) is 0 Å². The van der Waals surface area contributed by atoms with Gasteiger partial charge < -0.3 is 5.32 Å². The molecule has 0 radical (unpaired) electrons. The highest BCUT2D eigenvalue weighted by Crippen LogP contribution is 2.19. The highest BCUT2D eigenvalue weighted by atomic mass is 14.8. The molecule has 0 spiro atoms. The van der Waals surface area contributed by atoms with Gasteiger partial charge in [0.15, 0.2) is 0 Å². The monoisotopic (exact) mass is 219 g/mol. The van der Waals surface area contributed by atoms with E-state index in [0.29, 0.717) is 5.41 Å². The Bertz CT molecular complexity index is 292. The van der Waals surface area contributed by atoms with Crippen LogP contribution in [0.4, 0.5) is 0 Å². The van der Waals surface area contributed by atoms with Crippen molar-refractivity contribution in [3.05, 3.63) is 35.4 Å². The van der Waals surface area contributed by atoms with Crippen molar-refractivity contribution in [2.24, 2.45) is 5.41 Å². The lowest BCUT2D eigenvalue weighted by Crippen LogP contribution is -2.17. The summed E-state index contributed by atoms with van der Waals surface area (Å²) in [4.78, 5) is 0. The van der Waals surface area contributed by atoms with Gasteiger partial charge in [0.05, 0.1) is 0 Å². The van der Waals surface area contributed by atoms with Gasteiger partial charge in [-0.25, -0.2) is 0 Å². The van der Waals surface area contributed by atoms with Gasteiger partial charge in [-0.2, -0.15) is 0 Å². The van der Waals surface area contributed by atoms with Gasteiger partial charge in [-0.1, -0.05) is 50.6 Å². The van der Waals surface area contributed by atoms with Crippen molar-refractivity contribution >= 4 is 0 Å². The number of nitrogens with one attached hydrogen (secondary N) is 1. The van der Waals surface area contributed by atoms with Crippen LogP contribution < -0.4 is 5.32 Å². The third-order valence-corrected chi connectivity index (χ3v) is 2.73. The third-order valence-electron chi connectivity index (χ3n) is 2.73. The van der Waals surface area contributed by atoms with Gasteiger partial charge in [0.25, 0.3) is 0 Å². The molecule has 1 nitrogen and oxygen atoms in total. The van der Waals surface area contributed by atoms with Crippen LogP contribution in [-0.2, 0) is 6.54 Å². The van der Waals surface area contributed by atoms with Crippen molar-refractivity contribution in [2.45, 2.75) is 47.1 Å². The van der Waals surface area contributed by atoms with Gasteiger partial charge in [0.1, 0.15) is 0 Å². The van der Waals surface area contributed by atoms with E-state index < -0.39 is 0 Å². The quantitative estimate of drug-likeness (QED) is 0.740. The molecule has 0 unspecified atom stereocenters. The van der Waals surface area contributed by atoms with Crippen LogP contribution in [0.1, 0.15) is 44.7 Å².